The molecule has 0 bridgehead atoms. The monoisotopic (exact) mass is 327 g/mol. The maximum Gasteiger partial charge on any atom is 0.220 e. The van der Waals surface area contributed by atoms with Gasteiger partial charge in [0.15, 0.2) is 5.79 Å². The second kappa shape index (κ2) is 7.42. The maximum absolute atomic E-state index is 11.8. The molecule has 0 aliphatic carbocycles. The van der Waals surface area contributed by atoms with Crippen LogP contribution in [0.5, 0.6) is 0 Å². The Hall–Kier alpha value is -1.14. The zero-order chi connectivity index (χ0) is 16.2. The Morgan fingerprint density at radius 2 is 2.23 bits per heavy atom. The van der Waals surface area contributed by atoms with Gasteiger partial charge in [-0.2, -0.15) is 0 Å². The number of amides is 1. The molecule has 1 amide bonds. The highest BCUT2D eigenvalue weighted by Gasteiger charge is 2.36. The highest BCUT2D eigenvalue weighted by Crippen LogP contribution is 2.25. The standard InChI is InChI=1S/C16H22ClNO4/c1-16(2)21-10-14(22-16)13(19)7-8-15(20)18-9-11-5-3-4-6-12(11)17/h3-6,13-14,19H,7-10H2,1-2H3,(H,18,20)/t13-,14+/m0/s1. The summed E-state index contributed by atoms with van der Waals surface area (Å²) in [6, 6.07) is 7.36. The van der Waals surface area contributed by atoms with Crippen LogP contribution in [0, 0.1) is 0 Å². The molecule has 1 aromatic carbocycles. The summed E-state index contributed by atoms with van der Waals surface area (Å²) in [5.41, 5.74) is 0.868. The molecule has 1 aliphatic rings. The van der Waals surface area contributed by atoms with Crippen LogP contribution in [0.1, 0.15) is 32.3 Å². The number of benzene rings is 1. The topological polar surface area (TPSA) is 67.8 Å². The van der Waals surface area contributed by atoms with E-state index in [0.717, 1.165) is 5.56 Å². The Kier molecular flexibility index (Phi) is 5.81. The fourth-order valence-electron chi connectivity index (χ4n) is 2.29. The van der Waals surface area contributed by atoms with Gasteiger partial charge in [0, 0.05) is 18.0 Å². The molecule has 1 aliphatic heterocycles. The smallest absolute Gasteiger partial charge is 0.220 e. The van der Waals surface area contributed by atoms with Crippen molar-refractivity contribution in [2.75, 3.05) is 6.61 Å². The number of carbonyl (C=O) groups is 1. The van der Waals surface area contributed by atoms with E-state index in [4.69, 9.17) is 21.1 Å². The molecule has 1 heterocycles. The minimum atomic E-state index is -0.715. The Morgan fingerprint density at radius 3 is 2.86 bits per heavy atom. The molecule has 1 saturated heterocycles. The van der Waals surface area contributed by atoms with Gasteiger partial charge in [-0.15, -0.1) is 0 Å². The first kappa shape index (κ1) is 17.2. The fraction of sp³-hybridized carbons (Fsp3) is 0.562. The summed E-state index contributed by atoms with van der Waals surface area (Å²) >= 11 is 6.03. The van der Waals surface area contributed by atoms with Gasteiger partial charge in [0.05, 0.1) is 12.7 Å². The van der Waals surface area contributed by atoms with Crippen molar-refractivity contribution in [3.8, 4) is 0 Å². The number of carbonyl (C=O) groups excluding carboxylic acids is 1. The Balaban J connectivity index is 1.71. The van der Waals surface area contributed by atoms with Gasteiger partial charge in [0.2, 0.25) is 5.91 Å². The van der Waals surface area contributed by atoms with E-state index in [0.29, 0.717) is 24.6 Å². The Bertz CT molecular complexity index is 521. The zero-order valence-electron chi connectivity index (χ0n) is 12.8. The van der Waals surface area contributed by atoms with Crippen molar-refractivity contribution in [3.63, 3.8) is 0 Å². The fourth-order valence-corrected chi connectivity index (χ4v) is 2.50. The molecular formula is C16H22ClNO4. The predicted molar refractivity (Wildman–Crippen MR) is 83.4 cm³/mol. The van der Waals surface area contributed by atoms with E-state index in [9.17, 15) is 9.90 Å². The molecular weight excluding hydrogens is 306 g/mol. The van der Waals surface area contributed by atoms with Gasteiger partial charge in [-0.25, -0.2) is 0 Å². The molecule has 2 atom stereocenters. The minimum absolute atomic E-state index is 0.128. The molecule has 2 N–H and O–H groups in total. The Labute approximate surface area is 135 Å². The van der Waals surface area contributed by atoms with Crippen LogP contribution in [0.4, 0.5) is 0 Å². The number of hydrogen-bond donors (Lipinski definition) is 2. The first-order chi connectivity index (χ1) is 10.4. The van der Waals surface area contributed by atoms with Gasteiger partial charge in [0.1, 0.15) is 6.10 Å². The van der Waals surface area contributed by atoms with Crippen LogP contribution in [0.15, 0.2) is 24.3 Å². The summed E-state index contributed by atoms with van der Waals surface area (Å²) in [4.78, 5) is 11.8. The number of hydrogen-bond acceptors (Lipinski definition) is 4. The van der Waals surface area contributed by atoms with Gasteiger partial charge in [0.25, 0.3) is 0 Å². The van der Waals surface area contributed by atoms with Gasteiger partial charge in [-0.05, 0) is 31.9 Å². The number of rotatable bonds is 6. The van der Waals surface area contributed by atoms with Crippen LogP contribution < -0.4 is 5.32 Å². The molecule has 22 heavy (non-hydrogen) atoms. The molecule has 0 aromatic heterocycles. The molecule has 6 heteroatoms. The quantitative estimate of drug-likeness (QED) is 0.841. The molecule has 0 spiro atoms. The van der Waals surface area contributed by atoms with E-state index < -0.39 is 11.9 Å². The number of nitrogens with one attached hydrogen (secondary N) is 1. The van der Waals surface area contributed by atoms with Gasteiger partial charge >= 0.3 is 0 Å². The summed E-state index contributed by atoms with van der Waals surface area (Å²) in [5, 5.41) is 13.5. The lowest BCUT2D eigenvalue weighted by Gasteiger charge is -2.20. The highest BCUT2D eigenvalue weighted by atomic mass is 35.5. The van der Waals surface area contributed by atoms with Gasteiger partial charge in [-0.3, -0.25) is 4.79 Å². The van der Waals surface area contributed by atoms with Crippen molar-refractivity contribution in [1.82, 2.24) is 5.32 Å². The van der Waals surface area contributed by atoms with Crippen LogP contribution in [-0.4, -0.2) is 35.6 Å². The van der Waals surface area contributed by atoms with E-state index in [1.54, 1.807) is 19.9 Å². The lowest BCUT2D eigenvalue weighted by atomic mass is 10.1. The summed E-state index contributed by atoms with van der Waals surface area (Å²) in [5.74, 6) is -0.796. The molecule has 0 unspecified atom stereocenters. The highest BCUT2D eigenvalue weighted by molar-refractivity contribution is 6.31. The lowest BCUT2D eigenvalue weighted by Crippen LogP contribution is -2.32. The second-order valence-corrected chi connectivity index (χ2v) is 6.25. The largest absolute Gasteiger partial charge is 0.390 e. The number of aliphatic hydroxyl groups excluding tert-OH is 1. The van der Waals surface area contributed by atoms with Crippen LogP contribution >= 0.6 is 11.6 Å². The van der Waals surface area contributed by atoms with E-state index in [2.05, 4.69) is 5.32 Å². The molecule has 0 radical (unpaired) electrons. The van der Waals surface area contributed by atoms with Crippen LogP contribution in [0.2, 0.25) is 5.02 Å². The lowest BCUT2D eigenvalue weighted by molar-refractivity contribution is -0.151. The molecule has 0 saturated carbocycles. The van der Waals surface area contributed by atoms with E-state index in [-0.39, 0.29) is 18.4 Å². The summed E-state index contributed by atoms with van der Waals surface area (Å²) in [6.45, 7) is 4.33. The van der Waals surface area contributed by atoms with Crippen LogP contribution in [-0.2, 0) is 20.8 Å². The van der Waals surface area contributed by atoms with E-state index in [1.807, 2.05) is 18.2 Å². The summed E-state index contributed by atoms with van der Waals surface area (Å²) in [7, 11) is 0. The molecule has 1 fully saturated rings. The summed E-state index contributed by atoms with van der Waals surface area (Å²) < 4.78 is 11.0. The van der Waals surface area contributed by atoms with Crippen molar-refractivity contribution in [2.45, 2.75) is 51.2 Å². The molecule has 1 aromatic rings. The van der Waals surface area contributed by atoms with Crippen molar-refractivity contribution in [3.05, 3.63) is 34.9 Å². The summed E-state index contributed by atoms with van der Waals surface area (Å²) in [6.07, 6.45) is -0.538. The third-order valence-electron chi connectivity index (χ3n) is 3.56. The Morgan fingerprint density at radius 1 is 1.50 bits per heavy atom. The number of aliphatic hydroxyl groups is 1. The van der Waals surface area contributed by atoms with Crippen molar-refractivity contribution < 1.29 is 19.4 Å². The zero-order valence-corrected chi connectivity index (χ0v) is 13.6. The first-order valence-electron chi connectivity index (χ1n) is 7.37. The predicted octanol–water partition coefficient (Wildman–Crippen LogP) is 2.25. The maximum atomic E-state index is 11.8. The molecule has 5 nitrogen and oxygen atoms in total. The SMILES string of the molecule is CC1(C)OC[C@H]([C@@H](O)CCC(=O)NCc2ccccc2Cl)O1. The van der Waals surface area contributed by atoms with E-state index >= 15 is 0 Å². The normalized spacial score (nSPS) is 21.5. The first-order valence-corrected chi connectivity index (χ1v) is 7.75. The van der Waals surface area contributed by atoms with Crippen LogP contribution in [0.25, 0.3) is 0 Å². The molecule has 2 rings (SSSR count). The van der Waals surface area contributed by atoms with Crippen molar-refractivity contribution >= 4 is 17.5 Å². The number of ether oxygens (including phenoxy) is 2. The van der Waals surface area contributed by atoms with Gasteiger partial charge in [-0.1, -0.05) is 29.8 Å². The van der Waals surface area contributed by atoms with Crippen molar-refractivity contribution in [2.24, 2.45) is 0 Å². The third kappa shape index (κ3) is 4.95. The minimum Gasteiger partial charge on any atom is -0.390 e. The van der Waals surface area contributed by atoms with Gasteiger partial charge < -0.3 is 19.9 Å². The average molecular weight is 328 g/mol. The average Bonchev–Trinajstić information content (AvgIpc) is 2.84. The second-order valence-electron chi connectivity index (χ2n) is 5.84. The third-order valence-corrected chi connectivity index (χ3v) is 3.93. The number of halogens is 1. The van der Waals surface area contributed by atoms with Crippen molar-refractivity contribution in [1.29, 1.82) is 0 Å². The van der Waals surface area contributed by atoms with E-state index in [1.165, 1.54) is 0 Å². The molecule has 122 valence electrons. The van der Waals surface area contributed by atoms with Crippen LogP contribution in [0.3, 0.4) is 0 Å².